The van der Waals surface area contributed by atoms with E-state index in [0.717, 1.165) is 51.2 Å². The zero-order chi connectivity index (χ0) is 99.0. The van der Waals surface area contributed by atoms with Gasteiger partial charge in [-0.15, -0.1) is 0 Å². The summed E-state index contributed by atoms with van der Waals surface area (Å²) in [5, 5.41) is 14.8. The zero-order valence-corrected chi connectivity index (χ0v) is 90.9. The molecule has 6 aromatic rings. The van der Waals surface area contributed by atoms with Crippen LogP contribution < -0.4 is 39.1 Å². The summed E-state index contributed by atoms with van der Waals surface area (Å²) in [7, 11) is -0.745. The van der Waals surface area contributed by atoms with Crippen LogP contribution in [0.4, 0.5) is 0 Å². The van der Waals surface area contributed by atoms with Crippen molar-refractivity contribution in [2.24, 2.45) is 0 Å². The van der Waals surface area contributed by atoms with Crippen LogP contribution in [0.25, 0.3) is 36.5 Å². The molecule has 0 aliphatic rings. The molecule has 24 nitrogen and oxygen atoms in total. The van der Waals surface area contributed by atoms with E-state index in [9.17, 15) is 38.4 Å². The van der Waals surface area contributed by atoms with E-state index in [1.807, 2.05) is 78.9 Å². The van der Waals surface area contributed by atoms with Gasteiger partial charge in [-0.1, -0.05) is 243 Å². The molecule has 32 heteroatoms. The average molecular weight is 1930 g/mol. The van der Waals surface area contributed by atoms with Gasteiger partial charge in [-0.3, -0.25) is 9.59 Å². The van der Waals surface area contributed by atoms with Crippen LogP contribution in [0.1, 0.15) is 33.4 Å². The van der Waals surface area contributed by atoms with E-state index in [4.69, 9.17) is 66.8 Å². The summed E-state index contributed by atoms with van der Waals surface area (Å²) >= 11 is 0. The molecular formula is C98H145N3O21Si8. The number of carbonyl (C=O) groups excluding carboxylic acids is 8. The molecule has 0 bridgehead atoms. The summed E-state index contributed by atoms with van der Waals surface area (Å²) < 4.78 is 68.0. The number of esters is 6. The lowest BCUT2D eigenvalue weighted by atomic mass is 10.1. The van der Waals surface area contributed by atoms with Gasteiger partial charge >= 0.3 is 35.8 Å². The summed E-state index contributed by atoms with van der Waals surface area (Å²) in [4.78, 5) is 96.7. The third-order valence-electron chi connectivity index (χ3n) is 16.2. The molecule has 0 aromatic heterocycles. The number of benzene rings is 6. The first-order valence-electron chi connectivity index (χ1n) is 42.6. The third kappa shape index (κ3) is 55.8. The molecule has 0 heterocycles. The van der Waals surface area contributed by atoms with E-state index < -0.39 is 100 Å². The molecule has 0 fully saturated rings. The Hall–Kier alpha value is -10.9. The van der Waals surface area contributed by atoms with Gasteiger partial charge in [0.15, 0.2) is 0 Å². The molecule has 0 spiro atoms. The average Bonchev–Trinajstić information content (AvgIpc) is 0.856. The largest absolute Gasteiger partial charge is 0.497 e. The number of carbonyl (C=O) groups is 8. The smallest absolute Gasteiger partial charge is 0.348 e. The molecule has 0 unspecified atom stereocenters. The van der Waals surface area contributed by atoms with Crippen LogP contribution >= 0.6 is 0 Å². The first-order chi connectivity index (χ1) is 60.3. The number of para-hydroxylation sites is 1. The van der Waals surface area contributed by atoms with Gasteiger partial charge in [-0.25, -0.2) is 28.8 Å². The van der Waals surface area contributed by atoms with Crippen LogP contribution in [0.15, 0.2) is 192 Å². The van der Waals surface area contributed by atoms with Gasteiger partial charge in [-0.05, 0) is 131 Å². The van der Waals surface area contributed by atoms with Crippen molar-refractivity contribution in [3.8, 4) is 40.6 Å². The van der Waals surface area contributed by atoms with E-state index in [-0.39, 0.29) is 28.6 Å². The monoisotopic (exact) mass is 1920 g/mol. The minimum atomic E-state index is -1.59. The van der Waals surface area contributed by atoms with E-state index in [1.165, 1.54) is 31.4 Å². The number of methoxy groups -OCH3 is 7. The fourth-order valence-electron chi connectivity index (χ4n) is 9.23. The van der Waals surface area contributed by atoms with Crippen LogP contribution in [0, 0.1) is 11.3 Å². The Kier molecular flexibility index (Phi) is 51.6. The van der Waals surface area contributed by atoms with Gasteiger partial charge in [0.25, 0.3) is 5.91 Å². The lowest BCUT2D eigenvalue weighted by Gasteiger charge is -2.21. The maximum absolute atomic E-state index is 12.7. The van der Waals surface area contributed by atoms with Crippen LogP contribution in [0.3, 0.4) is 0 Å². The highest BCUT2D eigenvalue weighted by Crippen LogP contribution is 2.27. The Morgan fingerprint density at radius 2 is 0.631 bits per heavy atom. The highest BCUT2D eigenvalue weighted by molar-refractivity contribution is 6.79. The molecule has 710 valence electrons. The predicted molar refractivity (Wildman–Crippen MR) is 548 cm³/mol. The van der Waals surface area contributed by atoms with Crippen molar-refractivity contribution >= 4 is 149 Å². The van der Waals surface area contributed by atoms with Crippen molar-refractivity contribution in [3.05, 3.63) is 226 Å². The van der Waals surface area contributed by atoms with E-state index in [2.05, 4.69) is 174 Å². The lowest BCUT2D eigenvalue weighted by molar-refractivity contribution is -0.145. The van der Waals surface area contributed by atoms with E-state index in [1.54, 1.807) is 140 Å². The minimum absolute atomic E-state index is 0.00779. The fourth-order valence-corrected chi connectivity index (χ4v) is 14.1. The molecule has 6 rings (SSSR count). The second-order valence-electron chi connectivity index (χ2n) is 39.6. The summed E-state index contributed by atoms with van der Waals surface area (Å²) in [5.74, 6) is 1.16. The lowest BCUT2D eigenvalue weighted by Crippen LogP contribution is -2.41. The minimum Gasteiger partial charge on any atom is -0.497 e. The number of nitrogens with one attached hydrogen (secondary N) is 2. The predicted octanol–water partition coefficient (Wildman–Crippen LogP) is 19.9. The number of amides is 2. The van der Waals surface area contributed by atoms with Crippen molar-refractivity contribution in [1.82, 2.24) is 10.6 Å². The number of hydrogen-bond acceptors (Lipinski definition) is 22. The summed E-state index contributed by atoms with van der Waals surface area (Å²) in [5.41, 5.74) is 5.16. The molecule has 0 radical (unpaired) electrons. The molecule has 0 atom stereocenters. The quantitative estimate of drug-likeness (QED) is 0.00419. The number of rotatable bonds is 38. The summed E-state index contributed by atoms with van der Waals surface area (Å²) in [6.07, 6.45) is 17.0. The van der Waals surface area contributed by atoms with E-state index in [0.29, 0.717) is 77.7 Å². The molecular weight excluding hydrogens is 1780 g/mol. The Morgan fingerprint density at radius 1 is 0.323 bits per heavy atom. The fraction of sp³-hybridized carbons (Fsp3) is 0.398. The maximum atomic E-state index is 12.7. The second kappa shape index (κ2) is 57.3. The Balaban J connectivity index is 0.000000785. The second-order valence-corrected chi connectivity index (χ2v) is 83.0. The normalized spacial score (nSPS) is 11.8. The summed E-state index contributed by atoms with van der Waals surface area (Å²) in [6.45, 7) is 55.5. The van der Waals surface area contributed by atoms with Gasteiger partial charge in [0, 0.05) is 30.1 Å². The molecule has 2 amide bonds. The van der Waals surface area contributed by atoms with Crippen LogP contribution in [-0.4, -0.2) is 212 Å². The topological polar surface area (TPSA) is 304 Å². The molecule has 130 heavy (non-hydrogen) atoms. The highest BCUT2D eigenvalue weighted by Gasteiger charge is 2.29. The first kappa shape index (κ1) is 117. The zero-order valence-electron chi connectivity index (χ0n) is 82.9. The highest BCUT2D eigenvalue weighted by atomic mass is 28.3. The van der Waals surface area contributed by atoms with Gasteiger partial charge in [-0.2, -0.15) is 5.26 Å². The Bertz CT molecular complexity index is 4660. The third-order valence-corrected chi connectivity index (χ3v) is 24.7. The molecule has 0 saturated carbocycles. The van der Waals surface area contributed by atoms with Gasteiger partial charge in [0.2, 0.25) is 5.91 Å². The van der Waals surface area contributed by atoms with Crippen LogP contribution in [0.5, 0.6) is 34.5 Å². The number of nitriles is 1. The van der Waals surface area contributed by atoms with Gasteiger partial charge in [0.05, 0.1) is 152 Å². The maximum Gasteiger partial charge on any atom is 0.348 e. The van der Waals surface area contributed by atoms with Crippen LogP contribution in [-0.2, 0) is 71.5 Å². The van der Waals surface area contributed by atoms with Crippen molar-refractivity contribution in [3.63, 3.8) is 0 Å². The molecule has 0 aliphatic heterocycles. The van der Waals surface area contributed by atoms with Gasteiger partial charge < -0.3 is 72.2 Å². The van der Waals surface area contributed by atoms with Gasteiger partial charge in [0.1, 0.15) is 68.6 Å². The number of hydrogen-bond donors (Lipinski definition) is 2. The SMILES string of the molecule is C=C(OC[Si](C)(C)C)/C(=C/c1ccccc1OC)C(=O)OC[Si](C)(C)C.COC(=O)/C(=C\c1ccc(OC)cc1)C(=O)NC[Si](C)(C)C.COc1ccc(/C=C(\C#N)C(=O)OC[Si](C)(C)C)cc1.COc1ccc(/C=C/C(=O)NC[Si](C)(C)C)cc1.COc1ccc(/C=C/C(=O)OC[Si](C)(C)C)cc1.COc1ccc(C=C(C(=O)OC[Si](C)(C)C)C(=O)OC[Si](C)(C)C)cc1. The van der Waals surface area contributed by atoms with Crippen LogP contribution in [0.2, 0.25) is 157 Å². The van der Waals surface area contributed by atoms with Crippen molar-refractivity contribution < 1.29 is 99.9 Å². The molecule has 2 N–H and O–H groups in total. The Morgan fingerprint density at radius 3 is 0.969 bits per heavy atom. The summed E-state index contributed by atoms with van der Waals surface area (Å²) in [6, 6.07) is 45.7. The number of nitrogens with zero attached hydrogens (tertiary/aromatic N) is 1. The first-order valence-corrected chi connectivity index (χ1v) is 72.2. The van der Waals surface area contributed by atoms with Crippen molar-refractivity contribution in [2.45, 2.75) is 157 Å². The van der Waals surface area contributed by atoms with Crippen molar-refractivity contribution in [2.75, 3.05) is 99.5 Å². The standard InChI is InChI=1S/C20H32O4Si2.C19H30O5Si2.C16H23NO4Si.C15H19NO3Si.C14H21NO2Si.C14H20O3Si/c1-16(23-14-25(3,4)5)18(20(21)24-15-26(6,7)8)13-17-11-9-10-12-19(17)22-2;1-22-16-10-8-15(9-11-16)12-17(18(20)23-13-25(2,3)4)19(21)24-14-26(5,6)7;1-20-13-8-6-12(7-9-13)10-14(16(19)21-2)15(18)17-11-22(3,4)5;1-18-14-7-5-12(6-8-14)9-13(10-16)15(17)19-11-20(2,3)4;1-17-13-8-5-12(6-9-13)7-10-14(16)15-11-18(2,3)4;1-16-13-8-5-12(6-9-13)7-10-14(15)17-11-18(2,3)4/h9-13H,1,14-15H2,2-8H3;8-12H,13-14H2,1-7H3;6-10H,11H2,1-5H3,(H,17,18);5-9H,11H2,1-4H3;5-10H,11H2,1-4H3,(H,15,16);5-10H,11H2,1-4H3/b18-13-;;14-10-;13-9+;2*10-7+. The molecule has 6 aromatic carbocycles. The molecule has 0 saturated heterocycles. The molecule has 0 aliphatic carbocycles. The Labute approximate surface area is 782 Å². The number of ether oxygens (including phenoxy) is 13. The van der Waals surface area contributed by atoms with Crippen molar-refractivity contribution in [1.29, 1.82) is 5.26 Å². The van der Waals surface area contributed by atoms with E-state index >= 15 is 0 Å².